The van der Waals surface area contributed by atoms with Crippen molar-refractivity contribution < 1.29 is 14.7 Å². The Bertz CT molecular complexity index is 292. The van der Waals surface area contributed by atoms with Crippen LogP contribution in [0.5, 0.6) is 0 Å². The van der Waals surface area contributed by atoms with E-state index < -0.39 is 5.60 Å². The number of carbonyl (C=O) groups is 2. The molecular formula is C11H21N3O3. The third-order valence-corrected chi connectivity index (χ3v) is 3.04. The first-order valence-corrected chi connectivity index (χ1v) is 5.91. The Morgan fingerprint density at radius 2 is 2.12 bits per heavy atom. The van der Waals surface area contributed by atoms with Crippen molar-refractivity contribution >= 4 is 11.8 Å². The second-order valence-electron chi connectivity index (χ2n) is 4.71. The molecule has 0 spiro atoms. The highest BCUT2D eigenvalue weighted by Gasteiger charge is 2.26. The van der Waals surface area contributed by atoms with Gasteiger partial charge in [0.1, 0.15) is 0 Å². The summed E-state index contributed by atoms with van der Waals surface area (Å²) in [4.78, 5) is 24.4. The Morgan fingerprint density at radius 3 is 2.76 bits per heavy atom. The van der Waals surface area contributed by atoms with Crippen LogP contribution >= 0.6 is 0 Å². The number of nitrogens with two attached hydrogens (primary N) is 1. The van der Waals surface area contributed by atoms with Gasteiger partial charge in [0, 0.05) is 13.1 Å². The van der Waals surface area contributed by atoms with Gasteiger partial charge in [0.2, 0.25) is 11.8 Å². The number of rotatable bonds is 3. The lowest BCUT2D eigenvalue weighted by Gasteiger charge is -2.22. The Labute approximate surface area is 101 Å². The highest BCUT2D eigenvalue weighted by atomic mass is 16.3. The van der Waals surface area contributed by atoms with Crippen LogP contribution in [0, 0.1) is 0 Å². The van der Waals surface area contributed by atoms with E-state index in [1.54, 1.807) is 11.8 Å². The van der Waals surface area contributed by atoms with Crippen LogP contribution in [0.4, 0.5) is 0 Å². The van der Waals surface area contributed by atoms with Crippen molar-refractivity contribution in [3.05, 3.63) is 0 Å². The molecule has 6 heteroatoms. The number of nitrogens with one attached hydrogen (secondary N) is 1. The van der Waals surface area contributed by atoms with Gasteiger partial charge in [0.15, 0.2) is 0 Å². The highest BCUT2D eigenvalue weighted by Crippen LogP contribution is 2.21. The number of nitrogens with zero attached hydrogens (tertiary/aromatic N) is 1. The normalized spacial score (nSPS) is 25.2. The maximum atomic E-state index is 11.8. The molecule has 1 heterocycles. The minimum Gasteiger partial charge on any atom is -0.390 e. The zero-order valence-corrected chi connectivity index (χ0v) is 10.2. The molecule has 2 amide bonds. The molecule has 0 aromatic carbocycles. The minimum absolute atomic E-state index is 0.0157. The van der Waals surface area contributed by atoms with Gasteiger partial charge in [0.05, 0.1) is 18.7 Å². The second-order valence-corrected chi connectivity index (χ2v) is 4.71. The van der Waals surface area contributed by atoms with Crippen molar-refractivity contribution in [3.8, 4) is 0 Å². The van der Waals surface area contributed by atoms with Crippen molar-refractivity contribution in [2.45, 2.75) is 31.8 Å². The van der Waals surface area contributed by atoms with E-state index in [0.29, 0.717) is 25.9 Å². The SMILES string of the molecule is CC1(O)CCCN(C(=O)CNC(=O)CN)CC1. The monoisotopic (exact) mass is 243 g/mol. The Kier molecular flexibility index (Phi) is 4.89. The summed E-state index contributed by atoms with van der Waals surface area (Å²) in [5.74, 6) is -0.454. The Morgan fingerprint density at radius 1 is 1.41 bits per heavy atom. The van der Waals surface area contributed by atoms with E-state index in [1.807, 2.05) is 0 Å². The average molecular weight is 243 g/mol. The lowest BCUT2D eigenvalue weighted by atomic mass is 9.98. The number of amides is 2. The van der Waals surface area contributed by atoms with Crippen molar-refractivity contribution in [2.24, 2.45) is 5.73 Å². The highest BCUT2D eigenvalue weighted by molar-refractivity contribution is 5.85. The predicted octanol–water partition coefficient (Wildman–Crippen LogP) is -1.18. The summed E-state index contributed by atoms with van der Waals surface area (Å²) in [6.45, 7) is 2.83. The van der Waals surface area contributed by atoms with Gasteiger partial charge in [-0.3, -0.25) is 9.59 Å². The zero-order valence-electron chi connectivity index (χ0n) is 10.2. The van der Waals surface area contributed by atoms with Crippen molar-refractivity contribution in [2.75, 3.05) is 26.2 Å². The van der Waals surface area contributed by atoms with Gasteiger partial charge in [-0.05, 0) is 26.2 Å². The molecule has 17 heavy (non-hydrogen) atoms. The summed E-state index contributed by atoms with van der Waals surface area (Å²) >= 11 is 0. The molecule has 0 radical (unpaired) electrons. The van der Waals surface area contributed by atoms with Crippen LogP contribution in [0.3, 0.4) is 0 Å². The molecule has 0 saturated carbocycles. The van der Waals surface area contributed by atoms with E-state index >= 15 is 0 Å². The molecule has 4 N–H and O–H groups in total. The lowest BCUT2D eigenvalue weighted by Crippen LogP contribution is -2.42. The van der Waals surface area contributed by atoms with Crippen LogP contribution in [-0.4, -0.2) is 53.6 Å². The molecule has 6 nitrogen and oxygen atoms in total. The van der Waals surface area contributed by atoms with Crippen molar-refractivity contribution in [1.29, 1.82) is 0 Å². The second kappa shape index (κ2) is 5.97. The van der Waals surface area contributed by atoms with Crippen LogP contribution in [-0.2, 0) is 9.59 Å². The first kappa shape index (κ1) is 13.9. The summed E-state index contributed by atoms with van der Waals surface area (Å²) in [6, 6.07) is 0. The molecule has 1 saturated heterocycles. The smallest absolute Gasteiger partial charge is 0.241 e. The zero-order chi connectivity index (χ0) is 12.9. The molecule has 1 unspecified atom stereocenters. The van der Waals surface area contributed by atoms with E-state index in [1.165, 1.54) is 0 Å². The number of hydrogen-bond acceptors (Lipinski definition) is 4. The number of carbonyl (C=O) groups excluding carboxylic acids is 2. The van der Waals surface area contributed by atoms with Crippen molar-refractivity contribution in [3.63, 3.8) is 0 Å². The predicted molar refractivity (Wildman–Crippen MR) is 63.1 cm³/mol. The Hall–Kier alpha value is -1.14. The topological polar surface area (TPSA) is 95.7 Å². The van der Waals surface area contributed by atoms with Crippen LogP contribution in [0.15, 0.2) is 0 Å². The summed E-state index contributed by atoms with van der Waals surface area (Å²) in [6.07, 6.45) is 2.05. The molecule has 0 aromatic rings. The van der Waals surface area contributed by atoms with Crippen molar-refractivity contribution in [1.82, 2.24) is 10.2 Å². The van der Waals surface area contributed by atoms with Gasteiger partial charge >= 0.3 is 0 Å². The molecule has 1 atom stereocenters. The van der Waals surface area contributed by atoms with Gasteiger partial charge in [-0.2, -0.15) is 0 Å². The van der Waals surface area contributed by atoms with Crippen LogP contribution in [0.1, 0.15) is 26.2 Å². The third kappa shape index (κ3) is 4.70. The van der Waals surface area contributed by atoms with Gasteiger partial charge in [-0.25, -0.2) is 0 Å². The first-order chi connectivity index (χ1) is 7.94. The quantitative estimate of drug-likeness (QED) is 0.581. The van der Waals surface area contributed by atoms with Gasteiger partial charge in [-0.15, -0.1) is 0 Å². The van der Waals surface area contributed by atoms with Crippen LogP contribution in [0.2, 0.25) is 0 Å². The molecule has 1 fully saturated rings. The van der Waals surface area contributed by atoms with E-state index in [2.05, 4.69) is 5.32 Å². The van der Waals surface area contributed by atoms with Gasteiger partial charge in [0.25, 0.3) is 0 Å². The first-order valence-electron chi connectivity index (χ1n) is 5.91. The molecule has 1 rings (SSSR count). The van der Waals surface area contributed by atoms with E-state index in [4.69, 9.17) is 5.73 Å². The van der Waals surface area contributed by atoms with Gasteiger partial charge < -0.3 is 21.1 Å². The van der Waals surface area contributed by atoms with Crippen LogP contribution in [0.25, 0.3) is 0 Å². The summed E-state index contributed by atoms with van der Waals surface area (Å²) in [5, 5.41) is 12.3. The standard InChI is InChI=1S/C11H21N3O3/c1-11(17)3-2-5-14(6-4-11)10(16)8-13-9(15)7-12/h17H,2-8,12H2,1H3,(H,13,15). The number of likely N-dealkylation sites (tertiary alicyclic amines) is 1. The maximum Gasteiger partial charge on any atom is 0.241 e. The largest absolute Gasteiger partial charge is 0.390 e. The molecule has 0 bridgehead atoms. The molecule has 1 aliphatic rings. The molecule has 98 valence electrons. The van der Waals surface area contributed by atoms with E-state index in [-0.39, 0.29) is 24.9 Å². The lowest BCUT2D eigenvalue weighted by molar-refractivity contribution is -0.132. The summed E-state index contributed by atoms with van der Waals surface area (Å²) in [7, 11) is 0. The Balaban J connectivity index is 2.39. The van der Waals surface area contributed by atoms with E-state index in [9.17, 15) is 14.7 Å². The molecular weight excluding hydrogens is 222 g/mol. The molecule has 1 aliphatic heterocycles. The fourth-order valence-electron chi connectivity index (χ4n) is 1.87. The number of aliphatic hydroxyl groups is 1. The molecule has 0 aromatic heterocycles. The summed E-state index contributed by atoms with van der Waals surface area (Å²) in [5.41, 5.74) is 4.44. The van der Waals surface area contributed by atoms with E-state index in [0.717, 1.165) is 6.42 Å². The summed E-state index contributed by atoms with van der Waals surface area (Å²) < 4.78 is 0. The fourth-order valence-corrected chi connectivity index (χ4v) is 1.87. The minimum atomic E-state index is -0.685. The fraction of sp³-hybridized carbons (Fsp3) is 0.818. The third-order valence-electron chi connectivity index (χ3n) is 3.04. The maximum absolute atomic E-state index is 11.8. The van der Waals surface area contributed by atoms with Crippen LogP contribution < -0.4 is 11.1 Å². The van der Waals surface area contributed by atoms with Gasteiger partial charge in [-0.1, -0.05) is 0 Å². The molecule has 0 aliphatic carbocycles. The number of hydrogen-bond donors (Lipinski definition) is 3. The average Bonchev–Trinajstić information content (AvgIpc) is 2.46.